The Labute approximate surface area is 118 Å². The number of H-pyrrole nitrogens is 1. The maximum Gasteiger partial charge on any atom is 0.238 e. The number of carbonyl (C=O) groups excluding carboxylic acids is 1. The second-order valence-electron chi connectivity index (χ2n) is 5.70. The van der Waals surface area contributed by atoms with Gasteiger partial charge in [-0.15, -0.1) is 0 Å². The SMILES string of the molecule is CC(C)(C)NCC(=O)Nc1cccc(-c2ccn[nH]2)c1. The number of amides is 1. The first-order valence-electron chi connectivity index (χ1n) is 6.59. The molecule has 1 amide bonds. The van der Waals surface area contributed by atoms with E-state index in [-0.39, 0.29) is 18.0 Å². The molecule has 0 atom stereocenters. The summed E-state index contributed by atoms with van der Waals surface area (Å²) in [6.07, 6.45) is 1.70. The Morgan fingerprint density at radius 3 is 2.75 bits per heavy atom. The van der Waals surface area contributed by atoms with Crippen molar-refractivity contribution in [2.45, 2.75) is 26.3 Å². The van der Waals surface area contributed by atoms with Gasteiger partial charge >= 0.3 is 0 Å². The molecule has 106 valence electrons. The van der Waals surface area contributed by atoms with E-state index in [9.17, 15) is 4.79 Å². The molecule has 0 spiro atoms. The Morgan fingerprint density at radius 1 is 1.30 bits per heavy atom. The van der Waals surface area contributed by atoms with Gasteiger partial charge in [-0.3, -0.25) is 9.89 Å². The molecule has 0 aliphatic rings. The highest BCUT2D eigenvalue weighted by Crippen LogP contribution is 2.20. The molecule has 0 aliphatic carbocycles. The van der Waals surface area contributed by atoms with Crippen molar-refractivity contribution in [3.8, 4) is 11.3 Å². The van der Waals surface area contributed by atoms with Gasteiger partial charge in [0.15, 0.2) is 0 Å². The lowest BCUT2D eigenvalue weighted by atomic mass is 10.1. The lowest BCUT2D eigenvalue weighted by molar-refractivity contribution is -0.115. The number of aromatic nitrogens is 2. The lowest BCUT2D eigenvalue weighted by Crippen LogP contribution is -2.41. The van der Waals surface area contributed by atoms with Crippen LogP contribution in [0, 0.1) is 0 Å². The molecular formula is C15H20N4O. The van der Waals surface area contributed by atoms with Crippen LogP contribution in [0.5, 0.6) is 0 Å². The number of anilines is 1. The Balaban J connectivity index is 2.00. The lowest BCUT2D eigenvalue weighted by Gasteiger charge is -2.20. The van der Waals surface area contributed by atoms with Crippen molar-refractivity contribution in [3.05, 3.63) is 36.5 Å². The fourth-order valence-corrected chi connectivity index (χ4v) is 1.73. The highest BCUT2D eigenvalue weighted by molar-refractivity contribution is 5.92. The van der Waals surface area contributed by atoms with E-state index in [4.69, 9.17) is 0 Å². The minimum atomic E-state index is -0.0743. The maximum absolute atomic E-state index is 11.9. The van der Waals surface area contributed by atoms with Gasteiger partial charge in [0.25, 0.3) is 0 Å². The smallest absolute Gasteiger partial charge is 0.238 e. The van der Waals surface area contributed by atoms with Crippen LogP contribution in [0.2, 0.25) is 0 Å². The molecule has 0 radical (unpaired) electrons. The fraction of sp³-hybridized carbons (Fsp3) is 0.333. The third-order valence-corrected chi connectivity index (χ3v) is 2.74. The Kier molecular flexibility index (Phi) is 4.20. The fourth-order valence-electron chi connectivity index (χ4n) is 1.73. The number of aromatic amines is 1. The molecule has 20 heavy (non-hydrogen) atoms. The van der Waals surface area contributed by atoms with E-state index >= 15 is 0 Å². The summed E-state index contributed by atoms with van der Waals surface area (Å²) in [5, 5.41) is 12.9. The van der Waals surface area contributed by atoms with E-state index in [1.165, 1.54) is 0 Å². The first-order valence-corrected chi connectivity index (χ1v) is 6.59. The minimum Gasteiger partial charge on any atom is -0.325 e. The van der Waals surface area contributed by atoms with Crippen molar-refractivity contribution in [3.63, 3.8) is 0 Å². The van der Waals surface area contributed by atoms with Gasteiger partial charge in [-0.05, 0) is 39.0 Å². The van der Waals surface area contributed by atoms with Crippen molar-refractivity contribution in [1.82, 2.24) is 15.5 Å². The molecule has 0 fully saturated rings. The van der Waals surface area contributed by atoms with Crippen molar-refractivity contribution in [2.24, 2.45) is 0 Å². The van der Waals surface area contributed by atoms with Crippen LogP contribution in [-0.4, -0.2) is 28.2 Å². The van der Waals surface area contributed by atoms with Gasteiger partial charge in [-0.1, -0.05) is 12.1 Å². The summed E-state index contributed by atoms with van der Waals surface area (Å²) in [6.45, 7) is 6.37. The number of hydrogen-bond donors (Lipinski definition) is 3. The largest absolute Gasteiger partial charge is 0.325 e. The van der Waals surface area contributed by atoms with Crippen LogP contribution < -0.4 is 10.6 Å². The topological polar surface area (TPSA) is 69.8 Å². The van der Waals surface area contributed by atoms with Gasteiger partial charge in [0.2, 0.25) is 5.91 Å². The molecule has 0 saturated heterocycles. The number of carbonyl (C=O) groups is 1. The van der Waals surface area contributed by atoms with Crippen LogP contribution in [0.25, 0.3) is 11.3 Å². The Bertz CT molecular complexity index is 570. The molecule has 2 aromatic rings. The molecule has 1 aromatic heterocycles. The highest BCUT2D eigenvalue weighted by atomic mass is 16.1. The predicted molar refractivity (Wildman–Crippen MR) is 80.4 cm³/mol. The molecular weight excluding hydrogens is 252 g/mol. The van der Waals surface area contributed by atoms with Crippen molar-refractivity contribution >= 4 is 11.6 Å². The Hall–Kier alpha value is -2.14. The van der Waals surface area contributed by atoms with E-state index in [2.05, 4.69) is 20.8 Å². The van der Waals surface area contributed by atoms with Crippen molar-refractivity contribution in [2.75, 3.05) is 11.9 Å². The predicted octanol–water partition coefficient (Wildman–Crippen LogP) is 2.40. The molecule has 0 bridgehead atoms. The highest BCUT2D eigenvalue weighted by Gasteiger charge is 2.11. The van der Waals surface area contributed by atoms with Crippen LogP contribution in [-0.2, 0) is 4.79 Å². The zero-order valence-corrected chi connectivity index (χ0v) is 12.0. The summed E-state index contributed by atoms with van der Waals surface area (Å²) in [4.78, 5) is 11.9. The first-order chi connectivity index (χ1) is 9.44. The number of nitrogens with zero attached hydrogens (tertiary/aromatic N) is 1. The molecule has 1 heterocycles. The minimum absolute atomic E-state index is 0.0540. The molecule has 5 nitrogen and oxygen atoms in total. The molecule has 2 rings (SSSR count). The average molecular weight is 272 g/mol. The van der Waals surface area contributed by atoms with Crippen LogP contribution in [0.4, 0.5) is 5.69 Å². The summed E-state index contributed by atoms with van der Waals surface area (Å²) in [5.41, 5.74) is 2.62. The molecule has 3 N–H and O–H groups in total. The number of benzene rings is 1. The quantitative estimate of drug-likeness (QED) is 0.800. The number of hydrogen-bond acceptors (Lipinski definition) is 3. The van der Waals surface area contributed by atoms with Gasteiger partial charge in [0.1, 0.15) is 0 Å². The number of rotatable bonds is 4. The van der Waals surface area contributed by atoms with Crippen LogP contribution in [0.15, 0.2) is 36.5 Å². The van der Waals surface area contributed by atoms with E-state index in [0.29, 0.717) is 0 Å². The zero-order chi connectivity index (χ0) is 14.6. The first kappa shape index (κ1) is 14.3. The van der Waals surface area contributed by atoms with E-state index in [1.807, 2.05) is 51.1 Å². The van der Waals surface area contributed by atoms with Gasteiger partial charge in [-0.2, -0.15) is 5.10 Å². The summed E-state index contributed by atoms with van der Waals surface area (Å²) >= 11 is 0. The van der Waals surface area contributed by atoms with Crippen LogP contribution in [0.3, 0.4) is 0 Å². The summed E-state index contributed by atoms with van der Waals surface area (Å²) < 4.78 is 0. The van der Waals surface area contributed by atoms with Crippen molar-refractivity contribution < 1.29 is 4.79 Å². The van der Waals surface area contributed by atoms with Gasteiger partial charge in [-0.25, -0.2) is 0 Å². The summed E-state index contributed by atoms with van der Waals surface area (Å²) in [5.74, 6) is -0.0540. The summed E-state index contributed by atoms with van der Waals surface area (Å²) in [7, 11) is 0. The zero-order valence-electron chi connectivity index (χ0n) is 12.0. The standard InChI is InChI=1S/C15H20N4O/c1-15(2,3)16-10-14(20)18-12-6-4-5-11(9-12)13-7-8-17-19-13/h4-9,16H,10H2,1-3H3,(H,17,19)(H,18,20). The molecule has 1 aromatic carbocycles. The second kappa shape index (κ2) is 5.88. The van der Waals surface area contributed by atoms with Crippen molar-refractivity contribution in [1.29, 1.82) is 0 Å². The average Bonchev–Trinajstić information content (AvgIpc) is 2.90. The monoisotopic (exact) mass is 272 g/mol. The van der Waals surface area contributed by atoms with Gasteiger partial charge in [0.05, 0.1) is 12.2 Å². The third kappa shape index (κ3) is 4.20. The van der Waals surface area contributed by atoms with E-state index < -0.39 is 0 Å². The maximum atomic E-state index is 11.9. The molecule has 0 saturated carbocycles. The summed E-state index contributed by atoms with van der Waals surface area (Å²) in [6, 6.07) is 9.55. The van der Waals surface area contributed by atoms with E-state index in [1.54, 1.807) is 6.20 Å². The Morgan fingerprint density at radius 2 is 2.10 bits per heavy atom. The second-order valence-corrected chi connectivity index (χ2v) is 5.70. The molecule has 5 heteroatoms. The van der Waals surface area contributed by atoms with Crippen LogP contribution >= 0.6 is 0 Å². The normalized spacial score (nSPS) is 11.3. The van der Waals surface area contributed by atoms with E-state index in [0.717, 1.165) is 16.9 Å². The van der Waals surface area contributed by atoms with Crippen LogP contribution in [0.1, 0.15) is 20.8 Å². The molecule has 0 unspecified atom stereocenters. The third-order valence-electron chi connectivity index (χ3n) is 2.74. The van der Waals surface area contributed by atoms with Gasteiger partial charge in [0, 0.05) is 23.0 Å². The molecule has 0 aliphatic heterocycles. The number of nitrogens with one attached hydrogen (secondary N) is 3. The van der Waals surface area contributed by atoms with Gasteiger partial charge < -0.3 is 10.6 Å².